The molecule has 1 aliphatic carbocycles. The second-order valence-electron chi connectivity index (χ2n) is 4.55. The van der Waals surface area contributed by atoms with Crippen molar-refractivity contribution in [1.82, 2.24) is 4.98 Å². The second kappa shape index (κ2) is 6.22. The molecule has 0 unspecified atom stereocenters. The fraction of sp³-hybridized carbons (Fsp3) is 0.615. The van der Waals surface area contributed by atoms with Gasteiger partial charge in [-0.1, -0.05) is 30.9 Å². The van der Waals surface area contributed by atoms with Crippen molar-refractivity contribution in [1.29, 1.82) is 0 Å². The number of aromatic nitrogens is 1. The summed E-state index contributed by atoms with van der Waals surface area (Å²) in [4.78, 5) is 4.17. The maximum Gasteiger partial charge on any atom is 0.213 e. The van der Waals surface area contributed by atoms with Crippen LogP contribution < -0.4 is 4.74 Å². The normalized spacial score (nSPS) is 17.1. The van der Waals surface area contributed by atoms with Crippen molar-refractivity contribution in [3.8, 4) is 5.88 Å². The van der Waals surface area contributed by atoms with Gasteiger partial charge in [0.25, 0.3) is 0 Å². The highest BCUT2D eigenvalue weighted by atomic mass is 35.5. The van der Waals surface area contributed by atoms with Crippen molar-refractivity contribution in [2.45, 2.75) is 38.7 Å². The molecule has 0 amide bonds. The maximum atomic E-state index is 9.06. The largest absolute Gasteiger partial charge is 0.477 e. The lowest BCUT2D eigenvalue weighted by Gasteiger charge is -2.21. The van der Waals surface area contributed by atoms with E-state index in [2.05, 4.69) is 4.98 Å². The average molecular weight is 256 g/mol. The van der Waals surface area contributed by atoms with Gasteiger partial charge in [0.2, 0.25) is 5.88 Å². The van der Waals surface area contributed by atoms with E-state index >= 15 is 0 Å². The first kappa shape index (κ1) is 12.7. The number of hydrogen-bond donors (Lipinski definition) is 1. The first-order chi connectivity index (χ1) is 8.29. The van der Waals surface area contributed by atoms with Crippen LogP contribution in [0.2, 0.25) is 5.02 Å². The first-order valence-electron chi connectivity index (χ1n) is 6.18. The molecular formula is C13H18ClNO2. The Bertz CT molecular complexity index is 364. The van der Waals surface area contributed by atoms with Crippen molar-refractivity contribution in [2.24, 2.45) is 5.92 Å². The molecule has 1 heterocycles. The molecule has 0 spiro atoms. The molecule has 4 heteroatoms. The third-order valence-corrected chi connectivity index (χ3v) is 3.58. The van der Waals surface area contributed by atoms with E-state index in [0.29, 0.717) is 22.5 Å². The Balaban J connectivity index is 1.89. The predicted molar refractivity (Wildman–Crippen MR) is 67.2 cm³/mol. The molecule has 1 fully saturated rings. The van der Waals surface area contributed by atoms with E-state index in [0.717, 1.165) is 6.61 Å². The summed E-state index contributed by atoms with van der Waals surface area (Å²) in [5, 5.41) is 9.54. The van der Waals surface area contributed by atoms with E-state index in [1.54, 1.807) is 12.1 Å². The Hall–Kier alpha value is -0.800. The van der Waals surface area contributed by atoms with E-state index in [1.807, 2.05) is 0 Å². The van der Waals surface area contributed by atoms with Crippen molar-refractivity contribution in [2.75, 3.05) is 6.61 Å². The van der Waals surface area contributed by atoms with E-state index in [9.17, 15) is 0 Å². The van der Waals surface area contributed by atoms with Crippen LogP contribution in [0.3, 0.4) is 0 Å². The van der Waals surface area contributed by atoms with Crippen LogP contribution in [0.4, 0.5) is 0 Å². The zero-order valence-electron chi connectivity index (χ0n) is 9.86. The lowest BCUT2D eigenvalue weighted by molar-refractivity contribution is 0.201. The van der Waals surface area contributed by atoms with Crippen LogP contribution in [-0.2, 0) is 6.61 Å². The number of aliphatic hydroxyl groups excluding tert-OH is 1. The van der Waals surface area contributed by atoms with Crippen LogP contribution in [0, 0.1) is 5.92 Å². The van der Waals surface area contributed by atoms with Gasteiger partial charge in [0.15, 0.2) is 0 Å². The van der Waals surface area contributed by atoms with Crippen molar-refractivity contribution < 1.29 is 9.84 Å². The lowest BCUT2D eigenvalue weighted by Crippen LogP contribution is -2.15. The quantitative estimate of drug-likeness (QED) is 0.899. The molecule has 1 N–H and O–H groups in total. The topological polar surface area (TPSA) is 42.4 Å². The summed E-state index contributed by atoms with van der Waals surface area (Å²) in [5.41, 5.74) is 0.479. The maximum absolute atomic E-state index is 9.06. The van der Waals surface area contributed by atoms with Crippen molar-refractivity contribution in [3.63, 3.8) is 0 Å². The Morgan fingerprint density at radius 1 is 1.29 bits per heavy atom. The number of ether oxygens (including phenoxy) is 1. The molecule has 1 aliphatic rings. The molecule has 1 aromatic rings. The Morgan fingerprint density at radius 2 is 2.06 bits per heavy atom. The van der Waals surface area contributed by atoms with Crippen LogP contribution in [0.25, 0.3) is 0 Å². The molecule has 1 saturated carbocycles. The van der Waals surface area contributed by atoms with E-state index in [4.69, 9.17) is 21.4 Å². The van der Waals surface area contributed by atoms with Crippen LogP contribution in [0.1, 0.15) is 37.8 Å². The number of pyridine rings is 1. The molecule has 17 heavy (non-hydrogen) atoms. The molecule has 2 rings (SSSR count). The molecule has 0 radical (unpaired) electrons. The van der Waals surface area contributed by atoms with Gasteiger partial charge in [-0.15, -0.1) is 0 Å². The third kappa shape index (κ3) is 3.58. The average Bonchev–Trinajstić information content (AvgIpc) is 2.39. The van der Waals surface area contributed by atoms with E-state index in [-0.39, 0.29) is 6.61 Å². The highest BCUT2D eigenvalue weighted by Crippen LogP contribution is 2.25. The van der Waals surface area contributed by atoms with Crippen LogP contribution in [0.15, 0.2) is 12.1 Å². The van der Waals surface area contributed by atoms with Gasteiger partial charge in [0.1, 0.15) is 0 Å². The molecule has 0 aromatic carbocycles. The third-order valence-electron chi connectivity index (χ3n) is 3.23. The minimum absolute atomic E-state index is 0.153. The van der Waals surface area contributed by atoms with Crippen molar-refractivity contribution in [3.05, 3.63) is 22.8 Å². The van der Waals surface area contributed by atoms with Gasteiger partial charge in [-0.25, -0.2) is 4.98 Å². The highest BCUT2D eigenvalue weighted by Gasteiger charge is 2.14. The highest BCUT2D eigenvalue weighted by molar-refractivity contribution is 6.31. The standard InChI is InChI=1S/C13H18ClNO2/c14-11-6-7-13(15-12(11)8-16)17-9-10-4-2-1-3-5-10/h6-7,10,16H,1-5,8-9H2. The van der Waals surface area contributed by atoms with Gasteiger partial charge in [-0.3, -0.25) is 0 Å². The van der Waals surface area contributed by atoms with Gasteiger partial charge < -0.3 is 9.84 Å². The fourth-order valence-electron chi connectivity index (χ4n) is 2.21. The van der Waals surface area contributed by atoms with Gasteiger partial charge in [-0.05, 0) is 24.8 Å². The minimum Gasteiger partial charge on any atom is -0.477 e. The van der Waals surface area contributed by atoms with Gasteiger partial charge >= 0.3 is 0 Å². The first-order valence-corrected chi connectivity index (χ1v) is 6.56. The Morgan fingerprint density at radius 3 is 2.76 bits per heavy atom. The number of halogens is 1. The summed E-state index contributed by atoms with van der Waals surface area (Å²) < 4.78 is 5.66. The van der Waals surface area contributed by atoms with Crippen LogP contribution in [-0.4, -0.2) is 16.7 Å². The molecule has 0 saturated heterocycles. The molecule has 1 aromatic heterocycles. The molecule has 0 aliphatic heterocycles. The summed E-state index contributed by atoms with van der Waals surface area (Å²) >= 11 is 5.87. The van der Waals surface area contributed by atoms with Crippen molar-refractivity contribution >= 4 is 11.6 Å². The van der Waals surface area contributed by atoms with Gasteiger partial charge in [0.05, 0.1) is 23.9 Å². The summed E-state index contributed by atoms with van der Waals surface area (Å²) in [5.74, 6) is 1.21. The predicted octanol–water partition coefficient (Wildman–Crippen LogP) is 3.19. The van der Waals surface area contributed by atoms with Crippen LogP contribution in [0.5, 0.6) is 5.88 Å². The smallest absolute Gasteiger partial charge is 0.213 e. The zero-order valence-corrected chi connectivity index (χ0v) is 10.6. The van der Waals surface area contributed by atoms with Gasteiger partial charge in [0, 0.05) is 6.07 Å². The molecule has 0 bridgehead atoms. The van der Waals surface area contributed by atoms with Crippen LogP contribution >= 0.6 is 11.6 Å². The van der Waals surface area contributed by atoms with Gasteiger partial charge in [-0.2, -0.15) is 0 Å². The summed E-state index contributed by atoms with van der Waals surface area (Å²) in [6.45, 7) is 0.568. The van der Waals surface area contributed by atoms with E-state index in [1.165, 1.54) is 32.1 Å². The molecule has 94 valence electrons. The molecular weight excluding hydrogens is 238 g/mol. The lowest BCUT2D eigenvalue weighted by atomic mass is 9.90. The Labute approximate surface area is 107 Å². The Kier molecular flexibility index (Phi) is 4.63. The zero-order chi connectivity index (χ0) is 12.1. The minimum atomic E-state index is -0.153. The number of nitrogens with zero attached hydrogens (tertiary/aromatic N) is 1. The summed E-state index contributed by atoms with van der Waals surface area (Å²) in [6.07, 6.45) is 6.47. The second-order valence-corrected chi connectivity index (χ2v) is 4.96. The SMILES string of the molecule is OCc1nc(OCC2CCCCC2)ccc1Cl. The summed E-state index contributed by atoms with van der Waals surface area (Å²) in [7, 11) is 0. The summed E-state index contributed by atoms with van der Waals surface area (Å²) in [6, 6.07) is 3.47. The molecule has 0 atom stereocenters. The number of aliphatic hydroxyl groups is 1. The fourth-order valence-corrected chi connectivity index (χ4v) is 2.38. The monoisotopic (exact) mass is 255 g/mol. The molecule has 3 nitrogen and oxygen atoms in total. The van der Waals surface area contributed by atoms with E-state index < -0.39 is 0 Å². The number of hydrogen-bond acceptors (Lipinski definition) is 3. The number of rotatable bonds is 4.